The molecule has 0 atom stereocenters. The van der Waals surface area contributed by atoms with Gasteiger partial charge in [-0.3, -0.25) is 10.2 Å². The van der Waals surface area contributed by atoms with Crippen molar-refractivity contribution in [2.24, 2.45) is 0 Å². The van der Waals surface area contributed by atoms with Crippen LogP contribution in [0.4, 0.5) is 29.1 Å². The normalized spacial score (nSPS) is 13.4. The van der Waals surface area contributed by atoms with Crippen LogP contribution in [0.2, 0.25) is 0 Å². The van der Waals surface area contributed by atoms with E-state index >= 15 is 0 Å². The van der Waals surface area contributed by atoms with E-state index < -0.39 is 0 Å². The molecule has 1 fully saturated rings. The Bertz CT molecular complexity index is 2030. The highest BCUT2D eigenvalue weighted by Gasteiger charge is 2.19. The molecule has 0 aliphatic carbocycles. The van der Waals surface area contributed by atoms with Crippen LogP contribution in [0.25, 0.3) is 24.3 Å². The van der Waals surface area contributed by atoms with Crippen LogP contribution >= 0.6 is 0 Å². The summed E-state index contributed by atoms with van der Waals surface area (Å²) in [4.78, 5) is 20.2. The fourth-order valence-electron chi connectivity index (χ4n) is 5.18. The van der Waals surface area contributed by atoms with Gasteiger partial charge < -0.3 is 20.6 Å². The maximum Gasteiger partial charge on any atom is 0.156 e. The third-order valence-electron chi connectivity index (χ3n) is 7.84. The number of piperidine rings is 1. The monoisotopic (exact) mass is 667 g/mol. The summed E-state index contributed by atoms with van der Waals surface area (Å²) >= 11 is 0. The second-order valence-electron chi connectivity index (χ2n) is 12.1. The Morgan fingerprint density at radius 1 is 0.660 bits per heavy atom. The highest BCUT2D eigenvalue weighted by atomic mass is 16.3. The molecular formula is C38H41N11O. The number of hydrogen-bond donors (Lipinski definition) is 5. The first-order valence-corrected chi connectivity index (χ1v) is 16.6. The third kappa shape index (κ3) is 9.94. The van der Waals surface area contributed by atoms with Crippen molar-refractivity contribution in [3.63, 3.8) is 0 Å². The van der Waals surface area contributed by atoms with Crippen molar-refractivity contribution in [1.82, 2.24) is 40.3 Å². The molecule has 5 heterocycles. The Labute approximate surface area is 291 Å². The Morgan fingerprint density at radius 2 is 1.26 bits per heavy atom. The molecule has 1 aliphatic heterocycles. The topological polar surface area (TPSA) is 156 Å². The molecule has 0 amide bonds. The molecule has 254 valence electrons. The fraction of sp³-hybridized carbons (Fsp3) is 0.211. The van der Waals surface area contributed by atoms with E-state index in [9.17, 15) is 5.11 Å². The smallest absolute Gasteiger partial charge is 0.156 e. The Kier molecular flexibility index (Phi) is 11.0. The molecule has 0 saturated carbocycles. The molecule has 12 nitrogen and oxygen atoms in total. The SMILES string of the molecule is Cc1cc(Nc2ccnc(/C=C/c3ccccc3)n2)n[nH]1.Cc1ccc(/C=C/c2nc(Nc3cc(C)[nH]n3)cc(N3CCC(O)CC3)n2)cc1. The molecule has 2 aromatic carbocycles. The van der Waals surface area contributed by atoms with E-state index in [1.165, 1.54) is 5.56 Å². The largest absolute Gasteiger partial charge is 0.393 e. The van der Waals surface area contributed by atoms with E-state index in [0.29, 0.717) is 23.3 Å². The summed E-state index contributed by atoms with van der Waals surface area (Å²) in [5, 5.41) is 30.4. The average Bonchev–Trinajstić information content (AvgIpc) is 3.74. The highest BCUT2D eigenvalue weighted by molar-refractivity contribution is 5.69. The minimum Gasteiger partial charge on any atom is -0.393 e. The van der Waals surface area contributed by atoms with Crippen LogP contribution in [0.15, 0.2) is 85.1 Å². The molecule has 1 saturated heterocycles. The number of anilines is 5. The number of aromatic nitrogens is 8. The Hall–Kier alpha value is -6.14. The number of H-pyrrole nitrogens is 2. The van der Waals surface area contributed by atoms with Gasteiger partial charge in [0.05, 0.1) is 6.10 Å². The number of benzene rings is 2. The van der Waals surface area contributed by atoms with E-state index in [0.717, 1.165) is 65.9 Å². The van der Waals surface area contributed by atoms with Gasteiger partial charge in [-0.2, -0.15) is 10.2 Å². The predicted molar refractivity (Wildman–Crippen MR) is 200 cm³/mol. The fourth-order valence-corrected chi connectivity index (χ4v) is 5.18. The van der Waals surface area contributed by atoms with Gasteiger partial charge in [0.1, 0.15) is 17.5 Å². The molecule has 7 rings (SSSR count). The number of nitrogens with one attached hydrogen (secondary N) is 4. The van der Waals surface area contributed by atoms with Gasteiger partial charge in [-0.05, 0) is 63.0 Å². The number of aryl methyl sites for hydroxylation is 3. The maximum absolute atomic E-state index is 9.82. The first-order chi connectivity index (χ1) is 24.3. The van der Waals surface area contributed by atoms with Gasteiger partial charge >= 0.3 is 0 Å². The van der Waals surface area contributed by atoms with Crippen LogP contribution in [-0.4, -0.2) is 64.6 Å². The van der Waals surface area contributed by atoms with Crippen molar-refractivity contribution in [3.8, 4) is 0 Å². The number of nitrogens with zero attached hydrogens (tertiary/aromatic N) is 7. The van der Waals surface area contributed by atoms with E-state index in [4.69, 9.17) is 4.98 Å². The van der Waals surface area contributed by atoms with E-state index in [-0.39, 0.29) is 6.10 Å². The van der Waals surface area contributed by atoms with Gasteiger partial charge in [0, 0.05) is 48.9 Å². The van der Waals surface area contributed by atoms with Gasteiger partial charge in [0.15, 0.2) is 23.3 Å². The first-order valence-electron chi connectivity index (χ1n) is 16.6. The van der Waals surface area contributed by atoms with Crippen LogP contribution in [0.1, 0.15) is 52.6 Å². The predicted octanol–water partition coefficient (Wildman–Crippen LogP) is 7.11. The van der Waals surface area contributed by atoms with Crippen LogP contribution in [0.3, 0.4) is 0 Å². The average molecular weight is 668 g/mol. The number of rotatable bonds is 9. The second kappa shape index (κ2) is 16.3. The zero-order valence-electron chi connectivity index (χ0n) is 28.4. The van der Waals surface area contributed by atoms with Gasteiger partial charge in [-0.25, -0.2) is 19.9 Å². The van der Waals surface area contributed by atoms with Crippen LogP contribution in [0, 0.1) is 20.8 Å². The van der Waals surface area contributed by atoms with Crippen molar-refractivity contribution in [2.45, 2.75) is 39.7 Å². The summed E-state index contributed by atoms with van der Waals surface area (Å²) in [6.07, 6.45) is 10.8. The molecule has 6 aromatic rings. The number of hydrogen-bond acceptors (Lipinski definition) is 10. The number of aliphatic hydroxyl groups excluding tert-OH is 1. The summed E-state index contributed by atoms with van der Waals surface area (Å²) < 4.78 is 0. The Morgan fingerprint density at radius 3 is 1.90 bits per heavy atom. The third-order valence-corrected chi connectivity index (χ3v) is 7.84. The summed E-state index contributed by atoms with van der Waals surface area (Å²) in [6, 6.07) is 26.0. The lowest BCUT2D eigenvalue weighted by Gasteiger charge is -2.30. The first kappa shape index (κ1) is 33.7. The lowest BCUT2D eigenvalue weighted by molar-refractivity contribution is 0.145. The van der Waals surface area contributed by atoms with Gasteiger partial charge in [-0.1, -0.05) is 72.3 Å². The summed E-state index contributed by atoms with van der Waals surface area (Å²) in [5.74, 6) is 4.99. The quantitative estimate of drug-likeness (QED) is 0.108. The zero-order valence-corrected chi connectivity index (χ0v) is 28.4. The molecule has 0 spiro atoms. The molecule has 4 aromatic heterocycles. The van der Waals surface area contributed by atoms with Crippen molar-refractivity contribution >= 4 is 53.4 Å². The summed E-state index contributed by atoms with van der Waals surface area (Å²) in [7, 11) is 0. The molecule has 5 N–H and O–H groups in total. The van der Waals surface area contributed by atoms with Crippen molar-refractivity contribution in [1.29, 1.82) is 0 Å². The summed E-state index contributed by atoms with van der Waals surface area (Å²) in [6.45, 7) is 7.54. The lowest BCUT2D eigenvalue weighted by Crippen LogP contribution is -2.36. The number of aliphatic hydroxyl groups is 1. The Balaban J connectivity index is 0.000000182. The van der Waals surface area contributed by atoms with Crippen LogP contribution in [0.5, 0.6) is 0 Å². The van der Waals surface area contributed by atoms with E-state index in [1.807, 2.05) is 92.7 Å². The molecule has 0 unspecified atom stereocenters. The lowest BCUT2D eigenvalue weighted by atomic mass is 10.1. The minimum atomic E-state index is -0.224. The van der Waals surface area contributed by atoms with Crippen LogP contribution in [-0.2, 0) is 0 Å². The molecule has 12 heteroatoms. The van der Waals surface area contributed by atoms with Crippen LogP contribution < -0.4 is 15.5 Å². The van der Waals surface area contributed by atoms with Crippen molar-refractivity contribution in [2.75, 3.05) is 28.6 Å². The second-order valence-corrected chi connectivity index (χ2v) is 12.1. The molecule has 0 bridgehead atoms. The number of aromatic amines is 2. The van der Waals surface area contributed by atoms with Gasteiger partial charge in [0.25, 0.3) is 0 Å². The van der Waals surface area contributed by atoms with Crippen molar-refractivity contribution < 1.29 is 5.11 Å². The standard InChI is InChI=1S/C22H26N6O.C16H15N5/c1-15-3-5-17(6-4-15)7-8-19-23-20(24-21-13-16(2)26-27-21)14-22(25-19)28-11-9-18(29)10-12-28;1-12-11-16(21-20-12)19-15-9-10-17-14(18-15)8-7-13-5-3-2-4-6-13/h3-8,13-14,18,29H,9-12H2,1-2H3,(H2,23,24,25,26,27);2-11H,1H3,(H2,17,18,19,20,21)/b2*8-7+. The highest BCUT2D eigenvalue weighted by Crippen LogP contribution is 2.23. The maximum atomic E-state index is 9.82. The molecule has 0 radical (unpaired) electrons. The molecule has 50 heavy (non-hydrogen) atoms. The van der Waals surface area contributed by atoms with Crippen molar-refractivity contribution in [3.05, 3.63) is 125 Å². The molecule has 1 aliphatic rings. The molecular weight excluding hydrogens is 626 g/mol. The summed E-state index contributed by atoms with van der Waals surface area (Å²) in [5.41, 5.74) is 5.42. The zero-order chi connectivity index (χ0) is 34.7. The minimum absolute atomic E-state index is 0.224. The van der Waals surface area contributed by atoms with Gasteiger partial charge in [-0.15, -0.1) is 0 Å². The van der Waals surface area contributed by atoms with Gasteiger partial charge in [0.2, 0.25) is 0 Å². The van der Waals surface area contributed by atoms with E-state index in [2.05, 4.69) is 82.1 Å². The van der Waals surface area contributed by atoms with E-state index in [1.54, 1.807) is 6.20 Å².